The van der Waals surface area contributed by atoms with Crippen molar-refractivity contribution in [1.29, 1.82) is 0 Å². The predicted octanol–water partition coefficient (Wildman–Crippen LogP) is -0.677. The van der Waals surface area contributed by atoms with Crippen LogP contribution in [0.3, 0.4) is 0 Å². The summed E-state index contributed by atoms with van der Waals surface area (Å²) in [5, 5.41) is 18.7. The van der Waals surface area contributed by atoms with Gasteiger partial charge in [0.05, 0.1) is 12.7 Å². The fourth-order valence-corrected chi connectivity index (χ4v) is 2.14. The van der Waals surface area contributed by atoms with Gasteiger partial charge in [-0.25, -0.2) is 14.3 Å². The molecule has 116 valence electrons. The van der Waals surface area contributed by atoms with Crippen molar-refractivity contribution in [3.8, 4) is 0 Å². The smallest absolute Gasteiger partial charge is 0.358 e. The second-order valence-electron chi connectivity index (χ2n) is 5.05. The molecule has 0 bridgehead atoms. The van der Waals surface area contributed by atoms with Crippen LogP contribution in [0, 0.1) is 0 Å². The maximum atomic E-state index is 12.0. The molecule has 1 saturated heterocycles. The van der Waals surface area contributed by atoms with Crippen LogP contribution in [-0.2, 0) is 6.54 Å². The van der Waals surface area contributed by atoms with E-state index in [-0.39, 0.29) is 11.7 Å². The summed E-state index contributed by atoms with van der Waals surface area (Å²) in [5.74, 6) is -1.11. The Morgan fingerprint density at radius 2 is 2.14 bits per heavy atom. The Bertz CT molecular complexity index is 503. The molecular formula is C12H20N6O3. The lowest BCUT2D eigenvalue weighted by Crippen LogP contribution is -2.42. The van der Waals surface area contributed by atoms with Gasteiger partial charge in [0.2, 0.25) is 0 Å². The molecule has 0 radical (unpaired) electrons. The molecule has 1 fully saturated rings. The minimum atomic E-state index is -1.11. The van der Waals surface area contributed by atoms with Crippen molar-refractivity contribution in [3.05, 3.63) is 11.9 Å². The Kier molecular flexibility index (Phi) is 5.09. The molecule has 2 heterocycles. The van der Waals surface area contributed by atoms with Gasteiger partial charge in [-0.3, -0.25) is 0 Å². The van der Waals surface area contributed by atoms with Gasteiger partial charge in [-0.2, -0.15) is 0 Å². The van der Waals surface area contributed by atoms with Gasteiger partial charge in [0.1, 0.15) is 0 Å². The second-order valence-corrected chi connectivity index (χ2v) is 5.05. The number of hydrogen-bond donors (Lipinski definition) is 2. The fraction of sp³-hybridized carbons (Fsp3) is 0.667. The molecule has 1 aliphatic heterocycles. The first-order valence-electron chi connectivity index (χ1n) is 6.91. The molecule has 0 saturated carbocycles. The summed E-state index contributed by atoms with van der Waals surface area (Å²) in [4.78, 5) is 26.7. The van der Waals surface area contributed by atoms with Gasteiger partial charge in [0.15, 0.2) is 5.69 Å². The van der Waals surface area contributed by atoms with E-state index in [0.29, 0.717) is 13.1 Å². The topological polar surface area (TPSA) is 104 Å². The third kappa shape index (κ3) is 4.42. The van der Waals surface area contributed by atoms with Gasteiger partial charge >= 0.3 is 12.0 Å². The van der Waals surface area contributed by atoms with E-state index in [1.807, 2.05) is 7.05 Å². The number of likely N-dealkylation sites (N-methyl/N-ethyl adjacent to an activating group) is 1. The van der Waals surface area contributed by atoms with Gasteiger partial charge < -0.3 is 20.2 Å². The number of rotatable bonds is 4. The number of aromatic carboxylic acids is 1. The number of urea groups is 1. The van der Waals surface area contributed by atoms with E-state index in [4.69, 9.17) is 5.11 Å². The Morgan fingerprint density at radius 3 is 2.86 bits per heavy atom. The Hall–Kier alpha value is -2.16. The third-order valence-electron chi connectivity index (χ3n) is 3.38. The molecule has 2 amide bonds. The van der Waals surface area contributed by atoms with Crippen LogP contribution in [0.25, 0.3) is 0 Å². The number of nitrogens with one attached hydrogen (secondary N) is 1. The van der Waals surface area contributed by atoms with Gasteiger partial charge in [-0.1, -0.05) is 5.21 Å². The van der Waals surface area contributed by atoms with Crippen LogP contribution in [0.1, 0.15) is 16.9 Å². The first kappa shape index (κ1) is 15.2. The average Bonchev–Trinajstić information content (AvgIpc) is 2.81. The molecule has 2 rings (SSSR count). The highest BCUT2D eigenvalue weighted by Crippen LogP contribution is 2.01. The number of carbonyl (C=O) groups excluding carboxylic acids is 1. The van der Waals surface area contributed by atoms with Crippen molar-refractivity contribution in [2.24, 2.45) is 0 Å². The second kappa shape index (κ2) is 7.02. The van der Waals surface area contributed by atoms with E-state index < -0.39 is 5.97 Å². The summed E-state index contributed by atoms with van der Waals surface area (Å²) < 4.78 is 1.40. The van der Waals surface area contributed by atoms with Gasteiger partial charge in [0, 0.05) is 26.2 Å². The van der Waals surface area contributed by atoms with Crippen LogP contribution >= 0.6 is 0 Å². The van der Waals surface area contributed by atoms with E-state index in [0.717, 1.165) is 32.6 Å². The average molecular weight is 296 g/mol. The first-order chi connectivity index (χ1) is 10.1. The fourth-order valence-electron chi connectivity index (χ4n) is 2.14. The van der Waals surface area contributed by atoms with Crippen molar-refractivity contribution >= 4 is 12.0 Å². The number of amides is 2. The summed E-state index contributed by atoms with van der Waals surface area (Å²) in [7, 11) is 2.05. The minimum Gasteiger partial charge on any atom is -0.476 e. The largest absolute Gasteiger partial charge is 0.476 e. The zero-order chi connectivity index (χ0) is 15.2. The van der Waals surface area contributed by atoms with Crippen molar-refractivity contribution < 1.29 is 14.7 Å². The molecule has 1 aromatic heterocycles. The maximum absolute atomic E-state index is 12.0. The van der Waals surface area contributed by atoms with Gasteiger partial charge in [-0.15, -0.1) is 5.10 Å². The highest BCUT2D eigenvalue weighted by Gasteiger charge is 2.16. The van der Waals surface area contributed by atoms with Crippen LogP contribution in [0.5, 0.6) is 0 Å². The highest BCUT2D eigenvalue weighted by atomic mass is 16.4. The third-order valence-corrected chi connectivity index (χ3v) is 3.38. The molecule has 2 N–H and O–H groups in total. The molecule has 9 heteroatoms. The highest BCUT2D eigenvalue weighted by molar-refractivity contribution is 5.84. The van der Waals surface area contributed by atoms with Crippen LogP contribution < -0.4 is 5.32 Å². The van der Waals surface area contributed by atoms with Crippen LogP contribution in [0.4, 0.5) is 4.79 Å². The number of carbonyl (C=O) groups is 2. The normalized spacial score (nSPS) is 16.5. The van der Waals surface area contributed by atoms with Crippen molar-refractivity contribution in [1.82, 2.24) is 30.1 Å². The lowest BCUT2D eigenvalue weighted by Gasteiger charge is -2.20. The lowest BCUT2D eigenvalue weighted by molar-refractivity contribution is 0.0690. The standard InChI is InChI=1S/C12H20N6O3/c1-16-4-2-5-17(8-7-16)12(21)13-3-6-18-9-10(11(19)20)14-15-18/h9H,2-8H2,1H3,(H,13,21)(H,19,20). The molecule has 0 aromatic carbocycles. The van der Waals surface area contributed by atoms with Crippen LogP contribution in [-0.4, -0.2) is 81.7 Å². The van der Waals surface area contributed by atoms with Gasteiger partial charge in [0.25, 0.3) is 0 Å². The monoisotopic (exact) mass is 296 g/mol. The summed E-state index contributed by atoms with van der Waals surface area (Å²) in [5.41, 5.74) is -0.100. The van der Waals surface area contributed by atoms with Crippen molar-refractivity contribution in [3.63, 3.8) is 0 Å². The number of carboxylic acid groups (broad SMARTS) is 1. The molecule has 1 aliphatic rings. The minimum absolute atomic E-state index is 0.0936. The zero-order valence-corrected chi connectivity index (χ0v) is 12.0. The Morgan fingerprint density at radius 1 is 1.33 bits per heavy atom. The first-order valence-corrected chi connectivity index (χ1v) is 6.91. The molecule has 0 unspecified atom stereocenters. The molecular weight excluding hydrogens is 276 g/mol. The van der Waals surface area contributed by atoms with E-state index in [1.165, 1.54) is 10.9 Å². The predicted molar refractivity (Wildman–Crippen MR) is 74.1 cm³/mol. The van der Waals surface area contributed by atoms with Crippen LogP contribution in [0.15, 0.2) is 6.20 Å². The number of aromatic nitrogens is 3. The Balaban J connectivity index is 1.74. The summed E-state index contributed by atoms with van der Waals surface area (Å²) >= 11 is 0. The summed E-state index contributed by atoms with van der Waals surface area (Å²) in [6, 6.07) is -0.0936. The number of hydrogen-bond acceptors (Lipinski definition) is 5. The molecule has 1 aromatic rings. The lowest BCUT2D eigenvalue weighted by atomic mass is 10.4. The van der Waals surface area contributed by atoms with E-state index >= 15 is 0 Å². The van der Waals surface area contributed by atoms with Crippen molar-refractivity contribution in [2.45, 2.75) is 13.0 Å². The summed E-state index contributed by atoms with van der Waals surface area (Å²) in [6.07, 6.45) is 2.31. The molecule has 0 aliphatic carbocycles. The SMILES string of the molecule is CN1CCCN(C(=O)NCCn2cc(C(=O)O)nn2)CC1. The molecule has 21 heavy (non-hydrogen) atoms. The zero-order valence-electron chi connectivity index (χ0n) is 12.0. The van der Waals surface area contributed by atoms with Crippen molar-refractivity contribution in [2.75, 3.05) is 39.8 Å². The van der Waals surface area contributed by atoms with E-state index in [1.54, 1.807) is 4.90 Å². The van der Waals surface area contributed by atoms with Crippen LogP contribution in [0.2, 0.25) is 0 Å². The number of carboxylic acids is 1. The van der Waals surface area contributed by atoms with Gasteiger partial charge in [-0.05, 0) is 20.0 Å². The number of nitrogens with zero attached hydrogens (tertiary/aromatic N) is 5. The molecule has 0 atom stereocenters. The maximum Gasteiger partial charge on any atom is 0.358 e. The van der Waals surface area contributed by atoms with E-state index in [9.17, 15) is 9.59 Å². The molecule has 9 nitrogen and oxygen atoms in total. The summed E-state index contributed by atoms with van der Waals surface area (Å²) in [6.45, 7) is 4.12. The van der Waals surface area contributed by atoms with E-state index in [2.05, 4.69) is 20.5 Å². The Labute approximate surface area is 122 Å². The quantitative estimate of drug-likeness (QED) is 0.763. The molecule has 0 spiro atoms.